The van der Waals surface area contributed by atoms with Crippen molar-refractivity contribution in [3.8, 4) is 0 Å². The number of ether oxygens (including phenoxy) is 1. The Hall–Kier alpha value is -1.42. The zero-order chi connectivity index (χ0) is 14.3. The smallest absolute Gasteiger partial charge is 0.306 e. The molecule has 0 saturated heterocycles. The van der Waals surface area contributed by atoms with E-state index < -0.39 is 10.5 Å². The van der Waals surface area contributed by atoms with Gasteiger partial charge in [0.25, 0.3) is 0 Å². The van der Waals surface area contributed by atoms with Crippen molar-refractivity contribution in [2.75, 3.05) is 6.61 Å². The van der Waals surface area contributed by atoms with Gasteiger partial charge in [-0.15, -0.1) is 10.5 Å². The van der Waals surface area contributed by atoms with Gasteiger partial charge in [-0.25, -0.2) is 0 Å². The van der Waals surface area contributed by atoms with Crippen molar-refractivity contribution in [2.45, 2.75) is 31.9 Å². The summed E-state index contributed by atoms with van der Waals surface area (Å²) in [6, 6.07) is 9.83. The van der Waals surface area contributed by atoms with Crippen molar-refractivity contribution in [3.05, 3.63) is 35.9 Å². The lowest BCUT2D eigenvalue weighted by atomic mass is 10.1. The van der Waals surface area contributed by atoms with Gasteiger partial charge in [0.05, 0.1) is 13.0 Å². The molecule has 1 aromatic carbocycles. The summed E-state index contributed by atoms with van der Waals surface area (Å²) in [5.74, 6) is 3.66. The average Bonchev–Trinajstić information content (AvgIpc) is 2.38. The standard InChI is InChI=1S/C15H20O3S/c1-4-18-15(17)11-14(19(3)12(2)16)10-13-8-6-5-7-9-13/h5-9,14H,3-4,10-11H2,1-2H3. The van der Waals surface area contributed by atoms with Crippen LogP contribution in [0.2, 0.25) is 0 Å². The van der Waals surface area contributed by atoms with Gasteiger partial charge in [-0.2, -0.15) is 0 Å². The summed E-state index contributed by atoms with van der Waals surface area (Å²) in [7, 11) is -0.674. The molecule has 1 rings (SSSR count). The van der Waals surface area contributed by atoms with E-state index in [2.05, 4.69) is 5.87 Å². The van der Waals surface area contributed by atoms with Crippen molar-refractivity contribution in [1.82, 2.24) is 0 Å². The Morgan fingerprint density at radius 1 is 1.32 bits per heavy atom. The maximum atomic E-state index is 11.6. The number of benzene rings is 1. The van der Waals surface area contributed by atoms with Crippen LogP contribution >= 0.6 is 10.5 Å². The second-order valence-electron chi connectivity index (χ2n) is 4.24. The number of carbonyl (C=O) groups excluding carboxylic acids is 2. The molecule has 0 amide bonds. The first-order valence-corrected chi connectivity index (χ1v) is 7.73. The number of hydrogen-bond donors (Lipinski definition) is 0. The van der Waals surface area contributed by atoms with Crippen molar-refractivity contribution in [1.29, 1.82) is 0 Å². The van der Waals surface area contributed by atoms with E-state index >= 15 is 0 Å². The lowest BCUT2D eigenvalue weighted by molar-refractivity contribution is -0.143. The van der Waals surface area contributed by atoms with Crippen LogP contribution in [0.15, 0.2) is 30.3 Å². The Kier molecular flexibility index (Phi) is 6.50. The fraction of sp³-hybridized carbons (Fsp3) is 0.400. The van der Waals surface area contributed by atoms with Crippen molar-refractivity contribution >= 4 is 27.4 Å². The molecule has 2 atom stereocenters. The zero-order valence-corrected chi connectivity index (χ0v) is 12.2. The molecule has 0 spiro atoms. The van der Waals surface area contributed by atoms with Crippen LogP contribution in [0.1, 0.15) is 25.8 Å². The minimum absolute atomic E-state index is 0.0326. The third-order valence-corrected chi connectivity index (χ3v) is 4.65. The highest BCUT2D eigenvalue weighted by atomic mass is 32.2. The molecule has 0 radical (unpaired) electrons. The quantitative estimate of drug-likeness (QED) is 0.594. The van der Waals surface area contributed by atoms with E-state index in [4.69, 9.17) is 4.74 Å². The summed E-state index contributed by atoms with van der Waals surface area (Å²) in [5.41, 5.74) is 1.11. The van der Waals surface area contributed by atoms with Gasteiger partial charge >= 0.3 is 5.97 Å². The van der Waals surface area contributed by atoms with E-state index in [1.54, 1.807) is 6.92 Å². The predicted octanol–water partition coefficient (Wildman–Crippen LogP) is 2.80. The first-order chi connectivity index (χ1) is 9.04. The molecule has 3 nitrogen and oxygen atoms in total. The minimum Gasteiger partial charge on any atom is -0.466 e. The topological polar surface area (TPSA) is 43.4 Å². The molecular formula is C15H20O3S. The number of hydrogen-bond acceptors (Lipinski definition) is 3. The first-order valence-electron chi connectivity index (χ1n) is 6.27. The molecule has 19 heavy (non-hydrogen) atoms. The van der Waals surface area contributed by atoms with Crippen molar-refractivity contribution < 1.29 is 14.3 Å². The van der Waals surface area contributed by atoms with Gasteiger partial charge in [-0.3, -0.25) is 9.59 Å². The molecule has 0 saturated carbocycles. The molecule has 0 aliphatic rings. The molecule has 2 unspecified atom stereocenters. The van der Waals surface area contributed by atoms with E-state index in [1.165, 1.54) is 6.92 Å². The Balaban J connectivity index is 2.78. The third-order valence-electron chi connectivity index (χ3n) is 2.78. The van der Waals surface area contributed by atoms with Crippen LogP contribution in [0, 0.1) is 0 Å². The van der Waals surface area contributed by atoms with Gasteiger partial charge < -0.3 is 4.74 Å². The van der Waals surface area contributed by atoms with E-state index in [-0.39, 0.29) is 22.8 Å². The Bertz CT molecular complexity index is 454. The van der Waals surface area contributed by atoms with Crippen LogP contribution in [0.25, 0.3) is 0 Å². The maximum Gasteiger partial charge on any atom is 0.306 e. The normalized spacial score (nSPS) is 13.6. The third kappa shape index (κ3) is 5.39. The van der Waals surface area contributed by atoms with Gasteiger partial charge in [-0.05, 0) is 18.9 Å². The highest BCUT2D eigenvalue weighted by molar-refractivity contribution is 8.27. The second-order valence-corrected chi connectivity index (χ2v) is 6.34. The van der Waals surface area contributed by atoms with Gasteiger partial charge in [0.2, 0.25) is 0 Å². The minimum atomic E-state index is -0.674. The molecule has 0 aliphatic heterocycles. The summed E-state index contributed by atoms with van der Waals surface area (Å²) in [6.45, 7) is 3.67. The van der Waals surface area contributed by atoms with Gasteiger partial charge in [-0.1, -0.05) is 36.2 Å². The van der Waals surface area contributed by atoms with Crippen LogP contribution in [0.4, 0.5) is 0 Å². The molecule has 0 N–H and O–H groups in total. The fourth-order valence-corrected chi connectivity index (χ4v) is 2.99. The molecule has 104 valence electrons. The highest BCUT2D eigenvalue weighted by Gasteiger charge is 2.20. The molecule has 4 heteroatoms. The van der Waals surface area contributed by atoms with Gasteiger partial charge in [0.1, 0.15) is 0 Å². The lowest BCUT2D eigenvalue weighted by Crippen LogP contribution is -2.19. The Morgan fingerprint density at radius 2 is 1.95 bits per heavy atom. The molecule has 0 heterocycles. The predicted molar refractivity (Wildman–Crippen MR) is 80.6 cm³/mol. The SMILES string of the molecule is C=S(C(C)=O)C(CC(=O)OCC)Cc1ccccc1. The van der Waals surface area contributed by atoms with Crippen LogP contribution in [0.3, 0.4) is 0 Å². The lowest BCUT2D eigenvalue weighted by Gasteiger charge is -2.18. The van der Waals surface area contributed by atoms with Crippen LogP contribution in [0.5, 0.6) is 0 Å². The second kappa shape index (κ2) is 7.89. The summed E-state index contributed by atoms with van der Waals surface area (Å²) < 4.78 is 4.97. The summed E-state index contributed by atoms with van der Waals surface area (Å²) >= 11 is 0. The van der Waals surface area contributed by atoms with Gasteiger partial charge in [0.15, 0.2) is 5.12 Å². The van der Waals surface area contributed by atoms with Gasteiger partial charge in [0, 0.05) is 12.2 Å². The van der Waals surface area contributed by atoms with Crippen LogP contribution < -0.4 is 0 Å². The zero-order valence-electron chi connectivity index (χ0n) is 11.4. The maximum absolute atomic E-state index is 11.6. The summed E-state index contributed by atoms with van der Waals surface area (Å²) in [6.07, 6.45) is 0.917. The Morgan fingerprint density at radius 3 is 2.47 bits per heavy atom. The molecule has 1 aromatic rings. The molecule has 0 aliphatic carbocycles. The molecular weight excluding hydrogens is 260 g/mol. The molecule has 0 fully saturated rings. The summed E-state index contributed by atoms with van der Waals surface area (Å²) in [5, 5.41) is -0.0517. The highest BCUT2D eigenvalue weighted by Crippen LogP contribution is 2.26. The fourth-order valence-electron chi connectivity index (χ4n) is 1.79. The van der Waals surface area contributed by atoms with Crippen molar-refractivity contribution in [2.24, 2.45) is 0 Å². The van der Waals surface area contributed by atoms with Crippen LogP contribution in [-0.4, -0.2) is 28.8 Å². The number of carbonyl (C=O) groups is 2. The first kappa shape index (κ1) is 15.6. The molecule has 0 bridgehead atoms. The molecule has 0 aromatic heterocycles. The number of rotatable bonds is 6. The Labute approximate surface area is 116 Å². The van der Waals surface area contributed by atoms with Crippen molar-refractivity contribution in [3.63, 3.8) is 0 Å². The average molecular weight is 280 g/mol. The van der Waals surface area contributed by atoms with E-state index in [9.17, 15) is 9.59 Å². The monoisotopic (exact) mass is 280 g/mol. The largest absolute Gasteiger partial charge is 0.466 e. The van der Waals surface area contributed by atoms with E-state index in [0.717, 1.165) is 5.56 Å². The summed E-state index contributed by atoms with van der Waals surface area (Å²) in [4.78, 5) is 23.1. The van der Waals surface area contributed by atoms with E-state index in [0.29, 0.717) is 13.0 Å². The van der Waals surface area contributed by atoms with E-state index in [1.807, 2.05) is 30.3 Å². The number of esters is 1. The van der Waals surface area contributed by atoms with Crippen LogP contribution in [-0.2, 0) is 20.7 Å².